The van der Waals surface area contributed by atoms with Gasteiger partial charge < -0.3 is 4.74 Å². The molecule has 0 radical (unpaired) electrons. The van der Waals surface area contributed by atoms with Crippen LogP contribution in [0.1, 0.15) is 25.5 Å². The summed E-state index contributed by atoms with van der Waals surface area (Å²) in [5, 5.41) is 4.44. The fourth-order valence-electron chi connectivity index (χ4n) is 1.52. The van der Waals surface area contributed by atoms with Crippen LogP contribution in [0.25, 0.3) is 0 Å². The van der Waals surface area contributed by atoms with Crippen molar-refractivity contribution in [1.82, 2.24) is 9.90 Å². The summed E-state index contributed by atoms with van der Waals surface area (Å²) in [5.74, 6) is 0. The van der Waals surface area contributed by atoms with E-state index in [9.17, 15) is 0 Å². The lowest BCUT2D eigenvalue weighted by Gasteiger charge is -2.05. The minimum Gasteiger partial charge on any atom is -0.369 e. The Bertz CT molecular complexity index is 259. The lowest BCUT2D eigenvalue weighted by Crippen LogP contribution is -2.36. The van der Waals surface area contributed by atoms with Crippen LogP contribution in [0.15, 0.2) is 6.20 Å². The topological polar surface area (TPSA) is 30.9 Å². The summed E-state index contributed by atoms with van der Waals surface area (Å²) < 4.78 is 9.40. The summed E-state index contributed by atoms with van der Waals surface area (Å²) >= 11 is 0. The van der Waals surface area contributed by atoms with E-state index in [4.69, 9.17) is 4.74 Å². The van der Waals surface area contributed by atoms with Crippen LogP contribution < -0.4 is 4.68 Å². The van der Waals surface area contributed by atoms with Crippen molar-refractivity contribution in [2.24, 2.45) is 0 Å². The molecule has 0 atom stereocenters. The number of hydrogen-bond donors (Lipinski definition) is 0. The molecule has 0 aliphatic carbocycles. The second-order valence-corrected chi connectivity index (χ2v) is 3.40. The normalized spacial score (nSPS) is 15.8. The maximum atomic E-state index is 5.34. The number of aryl methyl sites for hydroxylation is 1. The van der Waals surface area contributed by atoms with Gasteiger partial charge in [0.15, 0.2) is 11.9 Å². The number of nitrogens with zero attached hydrogens (tertiary/aromatic N) is 3. The first kappa shape index (κ1) is 8.69. The molecule has 0 bridgehead atoms. The standard InChI is InChI=1S/C9H16N3O/c1-2-3-4-11-7-9-8-13-6-5-12(9)10-11/h7H,2-6,8H2,1H3/q+1. The van der Waals surface area contributed by atoms with Crippen molar-refractivity contribution in [2.45, 2.75) is 39.5 Å². The molecule has 0 fully saturated rings. The predicted molar refractivity (Wildman–Crippen MR) is 47.0 cm³/mol. The van der Waals surface area contributed by atoms with E-state index in [1.807, 2.05) is 9.36 Å². The van der Waals surface area contributed by atoms with Crippen LogP contribution in [0.3, 0.4) is 0 Å². The highest BCUT2D eigenvalue weighted by Crippen LogP contribution is 2.03. The maximum Gasteiger partial charge on any atom is 0.193 e. The van der Waals surface area contributed by atoms with Crippen LogP contribution in [0.5, 0.6) is 0 Å². The number of ether oxygens (including phenoxy) is 1. The van der Waals surface area contributed by atoms with Gasteiger partial charge in [-0.25, -0.2) is 0 Å². The zero-order valence-electron chi connectivity index (χ0n) is 8.07. The van der Waals surface area contributed by atoms with Crippen molar-refractivity contribution in [2.75, 3.05) is 6.61 Å². The molecular weight excluding hydrogens is 166 g/mol. The molecule has 1 aromatic heterocycles. The van der Waals surface area contributed by atoms with Crippen molar-refractivity contribution in [3.05, 3.63) is 11.9 Å². The minimum absolute atomic E-state index is 0.714. The Kier molecular flexibility index (Phi) is 2.59. The van der Waals surface area contributed by atoms with Crippen molar-refractivity contribution in [1.29, 1.82) is 0 Å². The molecule has 0 unspecified atom stereocenters. The average molecular weight is 182 g/mol. The lowest BCUT2D eigenvalue weighted by atomic mass is 10.3. The van der Waals surface area contributed by atoms with Crippen molar-refractivity contribution >= 4 is 0 Å². The third-order valence-corrected chi connectivity index (χ3v) is 2.29. The van der Waals surface area contributed by atoms with E-state index >= 15 is 0 Å². The van der Waals surface area contributed by atoms with Gasteiger partial charge in [-0.05, 0) is 6.42 Å². The summed E-state index contributed by atoms with van der Waals surface area (Å²) in [7, 11) is 0. The average Bonchev–Trinajstić information content (AvgIpc) is 2.57. The predicted octanol–water partition coefficient (Wildman–Crippen LogP) is 0.501. The molecule has 0 aromatic carbocycles. The van der Waals surface area contributed by atoms with Crippen molar-refractivity contribution < 1.29 is 9.42 Å². The molecule has 0 saturated carbocycles. The fraction of sp³-hybridized carbons (Fsp3) is 0.778. The van der Waals surface area contributed by atoms with Gasteiger partial charge in [0.2, 0.25) is 0 Å². The van der Waals surface area contributed by atoms with Gasteiger partial charge in [-0.2, -0.15) is 0 Å². The van der Waals surface area contributed by atoms with Gasteiger partial charge >= 0.3 is 0 Å². The molecule has 72 valence electrons. The monoisotopic (exact) mass is 182 g/mol. The van der Waals surface area contributed by atoms with E-state index in [0.717, 1.165) is 19.7 Å². The van der Waals surface area contributed by atoms with Gasteiger partial charge in [0, 0.05) is 0 Å². The molecule has 1 aromatic rings. The minimum atomic E-state index is 0.714. The molecule has 1 aliphatic rings. The summed E-state index contributed by atoms with van der Waals surface area (Å²) in [5.41, 5.74) is 1.20. The summed E-state index contributed by atoms with van der Waals surface area (Å²) in [4.78, 5) is 0. The van der Waals surface area contributed by atoms with Gasteiger partial charge in [-0.3, -0.25) is 0 Å². The molecule has 4 nitrogen and oxygen atoms in total. The summed E-state index contributed by atoms with van der Waals surface area (Å²) in [6, 6.07) is 0. The SMILES string of the molecule is CCCC[n+]1cc2n(n1)CCOC2. The molecule has 1 aliphatic heterocycles. The van der Waals surface area contributed by atoms with Crippen LogP contribution in [0, 0.1) is 0 Å². The Morgan fingerprint density at radius 1 is 1.69 bits per heavy atom. The van der Waals surface area contributed by atoms with E-state index < -0.39 is 0 Å². The van der Waals surface area contributed by atoms with Crippen LogP contribution in [-0.2, 0) is 24.4 Å². The first-order valence-electron chi connectivity index (χ1n) is 4.94. The van der Waals surface area contributed by atoms with Crippen LogP contribution in [0.2, 0.25) is 0 Å². The molecular formula is C9H16N3O+. The number of fused-ring (bicyclic) bond motifs is 1. The first-order chi connectivity index (χ1) is 6.40. The molecule has 4 heteroatoms. The third-order valence-electron chi connectivity index (χ3n) is 2.29. The zero-order valence-corrected chi connectivity index (χ0v) is 8.07. The zero-order chi connectivity index (χ0) is 9.10. The Hall–Kier alpha value is -0.900. The Labute approximate surface area is 78.1 Å². The Balaban J connectivity index is 2.07. The summed E-state index contributed by atoms with van der Waals surface area (Å²) in [6.45, 7) is 5.62. The highest BCUT2D eigenvalue weighted by Gasteiger charge is 2.19. The quantitative estimate of drug-likeness (QED) is 0.637. The smallest absolute Gasteiger partial charge is 0.193 e. The summed E-state index contributed by atoms with van der Waals surface area (Å²) in [6.07, 6.45) is 4.50. The van der Waals surface area contributed by atoms with Crippen LogP contribution >= 0.6 is 0 Å². The Morgan fingerprint density at radius 3 is 3.38 bits per heavy atom. The molecule has 0 amide bonds. The maximum absolute atomic E-state index is 5.34. The number of hydrogen-bond acceptors (Lipinski definition) is 2. The molecule has 0 saturated heterocycles. The Morgan fingerprint density at radius 2 is 2.62 bits per heavy atom. The fourth-order valence-corrected chi connectivity index (χ4v) is 1.52. The van der Waals surface area contributed by atoms with Gasteiger partial charge in [0.1, 0.15) is 19.7 Å². The van der Waals surface area contributed by atoms with Crippen LogP contribution in [0.4, 0.5) is 0 Å². The van der Waals surface area contributed by atoms with E-state index in [0.29, 0.717) is 6.61 Å². The molecule has 2 heterocycles. The highest BCUT2D eigenvalue weighted by atomic mass is 16.5. The van der Waals surface area contributed by atoms with Crippen LogP contribution in [-0.4, -0.2) is 16.5 Å². The third kappa shape index (κ3) is 1.88. The van der Waals surface area contributed by atoms with E-state index in [2.05, 4.69) is 18.3 Å². The molecule has 2 rings (SSSR count). The van der Waals surface area contributed by atoms with Crippen molar-refractivity contribution in [3.8, 4) is 0 Å². The lowest BCUT2D eigenvalue weighted by molar-refractivity contribution is -0.755. The highest BCUT2D eigenvalue weighted by molar-refractivity contribution is 4.89. The second-order valence-electron chi connectivity index (χ2n) is 3.40. The molecule has 13 heavy (non-hydrogen) atoms. The largest absolute Gasteiger partial charge is 0.369 e. The van der Waals surface area contributed by atoms with Crippen molar-refractivity contribution in [3.63, 3.8) is 0 Å². The van der Waals surface area contributed by atoms with Gasteiger partial charge in [0.05, 0.1) is 11.8 Å². The first-order valence-corrected chi connectivity index (χ1v) is 4.94. The molecule has 0 N–H and O–H groups in total. The van der Waals surface area contributed by atoms with Gasteiger partial charge in [-0.1, -0.05) is 13.3 Å². The number of rotatable bonds is 3. The number of unbranched alkanes of at least 4 members (excludes halogenated alkanes) is 1. The van der Waals surface area contributed by atoms with E-state index in [1.54, 1.807) is 0 Å². The van der Waals surface area contributed by atoms with E-state index in [-0.39, 0.29) is 0 Å². The van der Waals surface area contributed by atoms with Gasteiger partial charge in [0.25, 0.3) is 0 Å². The second kappa shape index (κ2) is 3.87. The molecule has 0 spiro atoms. The number of aromatic nitrogens is 3. The van der Waals surface area contributed by atoms with E-state index in [1.165, 1.54) is 18.5 Å². The van der Waals surface area contributed by atoms with Gasteiger partial charge in [-0.15, -0.1) is 9.36 Å².